The van der Waals surface area contributed by atoms with Gasteiger partial charge in [0.25, 0.3) is 5.91 Å². The van der Waals surface area contributed by atoms with Gasteiger partial charge in [-0.2, -0.15) is 0 Å². The van der Waals surface area contributed by atoms with Gasteiger partial charge in [-0.1, -0.05) is 35.3 Å². The van der Waals surface area contributed by atoms with Gasteiger partial charge in [-0.15, -0.1) is 0 Å². The van der Waals surface area contributed by atoms with Crippen molar-refractivity contribution in [1.82, 2.24) is 5.32 Å². The molecule has 2 rings (SSSR count). The fourth-order valence-corrected chi connectivity index (χ4v) is 2.01. The van der Waals surface area contributed by atoms with Gasteiger partial charge in [-0.3, -0.25) is 4.79 Å². The highest BCUT2D eigenvalue weighted by molar-refractivity contribution is 6.32. The fourth-order valence-electron chi connectivity index (χ4n) is 1.66. The Morgan fingerprint density at radius 1 is 1.19 bits per heavy atom. The maximum absolute atomic E-state index is 13.5. The first-order chi connectivity index (χ1) is 10.1. The maximum atomic E-state index is 13.5. The normalized spacial score (nSPS) is 10.2. The highest BCUT2D eigenvalue weighted by Crippen LogP contribution is 2.22. The average Bonchev–Trinajstić information content (AvgIpc) is 2.45. The van der Waals surface area contributed by atoms with Crippen LogP contribution < -0.4 is 10.1 Å². The average molecular weight is 328 g/mol. The van der Waals surface area contributed by atoms with Crippen molar-refractivity contribution in [2.45, 2.75) is 0 Å². The third-order valence-electron chi connectivity index (χ3n) is 2.66. The Balaban J connectivity index is 1.83. The third-order valence-corrected chi connectivity index (χ3v) is 3.20. The van der Waals surface area contributed by atoms with Crippen LogP contribution in [0.3, 0.4) is 0 Å². The van der Waals surface area contributed by atoms with Gasteiger partial charge >= 0.3 is 0 Å². The van der Waals surface area contributed by atoms with Crippen LogP contribution in [0.5, 0.6) is 5.75 Å². The van der Waals surface area contributed by atoms with Crippen LogP contribution in [0, 0.1) is 5.82 Å². The molecule has 2 aromatic carbocycles. The molecule has 110 valence electrons. The lowest BCUT2D eigenvalue weighted by Crippen LogP contribution is -2.28. The predicted octanol–water partition coefficient (Wildman–Crippen LogP) is 3.94. The zero-order valence-corrected chi connectivity index (χ0v) is 12.4. The minimum Gasteiger partial charge on any atom is -0.490 e. The SMILES string of the molecule is O=C(NCCOc1ccccc1Cl)c1ccc(Cl)cc1F. The van der Waals surface area contributed by atoms with Crippen molar-refractivity contribution in [2.24, 2.45) is 0 Å². The van der Waals surface area contributed by atoms with Crippen molar-refractivity contribution < 1.29 is 13.9 Å². The lowest BCUT2D eigenvalue weighted by molar-refractivity contribution is 0.0943. The summed E-state index contributed by atoms with van der Waals surface area (Å²) in [6, 6.07) is 10.9. The molecule has 0 saturated carbocycles. The number of para-hydroxylation sites is 1. The van der Waals surface area contributed by atoms with E-state index in [9.17, 15) is 9.18 Å². The van der Waals surface area contributed by atoms with E-state index in [2.05, 4.69) is 5.32 Å². The van der Waals surface area contributed by atoms with Gasteiger partial charge in [0.15, 0.2) is 0 Å². The first-order valence-electron chi connectivity index (χ1n) is 6.18. The Labute approximate surface area is 131 Å². The van der Waals surface area contributed by atoms with Crippen LogP contribution in [0.1, 0.15) is 10.4 Å². The second kappa shape index (κ2) is 7.29. The molecule has 0 aromatic heterocycles. The molecule has 3 nitrogen and oxygen atoms in total. The molecule has 1 amide bonds. The molecule has 0 aliphatic carbocycles. The number of halogens is 3. The van der Waals surface area contributed by atoms with E-state index in [4.69, 9.17) is 27.9 Å². The van der Waals surface area contributed by atoms with Crippen LogP contribution in [0.25, 0.3) is 0 Å². The molecule has 0 spiro atoms. The Morgan fingerprint density at radius 3 is 2.67 bits per heavy atom. The number of carbonyl (C=O) groups is 1. The monoisotopic (exact) mass is 327 g/mol. The van der Waals surface area contributed by atoms with Gasteiger partial charge in [-0.25, -0.2) is 4.39 Å². The van der Waals surface area contributed by atoms with Crippen molar-refractivity contribution in [3.8, 4) is 5.75 Å². The summed E-state index contributed by atoms with van der Waals surface area (Å²) in [6.45, 7) is 0.455. The quantitative estimate of drug-likeness (QED) is 0.844. The largest absolute Gasteiger partial charge is 0.490 e. The van der Waals surface area contributed by atoms with E-state index in [1.165, 1.54) is 12.1 Å². The highest BCUT2D eigenvalue weighted by atomic mass is 35.5. The molecule has 0 aliphatic heterocycles. The Kier molecular flexibility index (Phi) is 5.42. The summed E-state index contributed by atoms with van der Waals surface area (Å²) < 4.78 is 18.9. The summed E-state index contributed by atoms with van der Waals surface area (Å²) in [4.78, 5) is 11.8. The molecule has 0 atom stereocenters. The highest BCUT2D eigenvalue weighted by Gasteiger charge is 2.11. The standard InChI is InChI=1S/C15H12Cl2FNO2/c16-10-5-6-11(13(18)9-10)15(20)19-7-8-21-14-4-2-1-3-12(14)17/h1-6,9H,7-8H2,(H,19,20). The van der Waals surface area contributed by atoms with E-state index >= 15 is 0 Å². The summed E-state index contributed by atoms with van der Waals surface area (Å²) >= 11 is 11.5. The smallest absolute Gasteiger partial charge is 0.254 e. The number of amides is 1. The van der Waals surface area contributed by atoms with Gasteiger partial charge < -0.3 is 10.1 Å². The first kappa shape index (κ1) is 15.6. The Hall–Kier alpha value is -1.78. The Morgan fingerprint density at radius 2 is 1.95 bits per heavy atom. The molecule has 6 heteroatoms. The molecule has 0 saturated heterocycles. The molecule has 0 fully saturated rings. The van der Waals surface area contributed by atoms with Crippen LogP contribution >= 0.6 is 23.2 Å². The van der Waals surface area contributed by atoms with Gasteiger partial charge in [0.05, 0.1) is 17.1 Å². The fraction of sp³-hybridized carbons (Fsp3) is 0.133. The van der Waals surface area contributed by atoms with Gasteiger partial charge in [-0.05, 0) is 30.3 Å². The van der Waals surface area contributed by atoms with E-state index in [-0.39, 0.29) is 23.7 Å². The molecule has 0 aliphatic rings. The van der Waals surface area contributed by atoms with Crippen LogP contribution in [-0.2, 0) is 0 Å². The topological polar surface area (TPSA) is 38.3 Å². The number of ether oxygens (including phenoxy) is 1. The molecule has 1 N–H and O–H groups in total. The lowest BCUT2D eigenvalue weighted by atomic mass is 10.2. The number of nitrogens with one attached hydrogen (secondary N) is 1. The van der Waals surface area contributed by atoms with Crippen molar-refractivity contribution >= 4 is 29.1 Å². The number of carbonyl (C=O) groups excluding carboxylic acids is 1. The van der Waals surface area contributed by atoms with Gasteiger partial charge in [0.1, 0.15) is 18.2 Å². The molecule has 0 unspecified atom stereocenters. The van der Waals surface area contributed by atoms with Crippen LogP contribution in [0.2, 0.25) is 10.0 Å². The third kappa shape index (κ3) is 4.34. The van der Waals surface area contributed by atoms with E-state index in [0.29, 0.717) is 10.8 Å². The molecule has 0 bridgehead atoms. The van der Waals surface area contributed by atoms with Crippen molar-refractivity contribution in [3.63, 3.8) is 0 Å². The summed E-state index contributed by atoms with van der Waals surface area (Å²) in [5.41, 5.74) is -0.0582. The molecule has 2 aromatic rings. The van der Waals surface area contributed by atoms with E-state index in [1.807, 2.05) is 0 Å². The van der Waals surface area contributed by atoms with Crippen LogP contribution in [0.15, 0.2) is 42.5 Å². The summed E-state index contributed by atoms with van der Waals surface area (Å²) in [7, 11) is 0. The molecule has 0 heterocycles. The van der Waals surface area contributed by atoms with E-state index in [1.54, 1.807) is 24.3 Å². The zero-order valence-electron chi connectivity index (χ0n) is 10.9. The van der Waals surface area contributed by atoms with Gasteiger partial charge in [0.2, 0.25) is 0 Å². The first-order valence-corrected chi connectivity index (χ1v) is 6.94. The molecular weight excluding hydrogens is 316 g/mol. The number of rotatable bonds is 5. The number of hydrogen-bond donors (Lipinski definition) is 1. The maximum Gasteiger partial charge on any atom is 0.254 e. The summed E-state index contributed by atoms with van der Waals surface area (Å²) in [5, 5.41) is 3.29. The lowest BCUT2D eigenvalue weighted by Gasteiger charge is -2.09. The summed E-state index contributed by atoms with van der Waals surface area (Å²) in [5.74, 6) is -0.648. The minimum absolute atomic E-state index is 0.0582. The summed E-state index contributed by atoms with van der Waals surface area (Å²) in [6.07, 6.45) is 0. The molecule has 21 heavy (non-hydrogen) atoms. The predicted molar refractivity (Wildman–Crippen MR) is 80.7 cm³/mol. The van der Waals surface area contributed by atoms with E-state index in [0.717, 1.165) is 6.07 Å². The Bertz CT molecular complexity index is 649. The van der Waals surface area contributed by atoms with Crippen LogP contribution in [0.4, 0.5) is 4.39 Å². The van der Waals surface area contributed by atoms with Crippen LogP contribution in [-0.4, -0.2) is 19.1 Å². The molecular formula is C15H12Cl2FNO2. The minimum atomic E-state index is -0.660. The van der Waals surface area contributed by atoms with E-state index < -0.39 is 11.7 Å². The van der Waals surface area contributed by atoms with Crippen molar-refractivity contribution in [3.05, 3.63) is 63.9 Å². The number of benzene rings is 2. The van der Waals surface area contributed by atoms with Crippen molar-refractivity contribution in [1.29, 1.82) is 0 Å². The van der Waals surface area contributed by atoms with Crippen molar-refractivity contribution in [2.75, 3.05) is 13.2 Å². The second-order valence-electron chi connectivity index (χ2n) is 4.16. The number of hydrogen-bond acceptors (Lipinski definition) is 2. The zero-order chi connectivity index (χ0) is 15.2. The second-order valence-corrected chi connectivity index (χ2v) is 5.00. The van der Waals surface area contributed by atoms with Gasteiger partial charge in [0, 0.05) is 5.02 Å². The molecule has 0 radical (unpaired) electrons.